The van der Waals surface area contributed by atoms with E-state index >= 15 is 0 Å². The summed E-state index contributed by atoms with van der Waals surface area (Å²) in [6.45, 7) is 2.73. The number of fused-ring (bicyclic) bond motifs is 1. The van der Waals surface area contributed by atoms with Crippen LogP contribution in [-0.4, -0.2) is 18.6 Å². The maximum atomic E-state index is 12.3. The molecular weight excluding hydrogens is 226 g/mol. The van der Waals surface area contributed by atoms with Gasteiger partial charge in [-0.1, -0.05) is 25.1 Å². The van der Waals surface area contributed by atoms with E-state index in [1.54, 1.807) is 0 Å². The first-order valence-electron chi connectivity index (χ1n) is 6.76. The van der Waals surface area contributed by atoms with Gasteiger partial charge >= 0.3 is 0 Å². The van der Waals surface area contributed by atoms with E-state index in [1.807, 2.05) is 24.3 Å². The van der Waals surface area contributed by atoms with Crippen molar-refractivity contribution in [2.45, 2.75) is 38.1 Å². The van der Waals surface area contributed by atoms with Gasteiger partial charge < -0.3 is 10.1 Å². The third kappa shape index (κ3) is 2.09. The van der Waals surface area contributed by atoms with E-state index in [0.717, 1.165) is 30.1 Å². The molecule has 1 aliphatic heterocycles. The highest BCUT2D eigenvalue weighted by Crippen LogP contribution is 2.34. The number of hydrogen-bond acceptors (Lipinski definition) is 2. The quantitative estimate of drug-likeness (QED) is 0.869. The summed E-state index contributed by atoms with van der Waals surface area (Å²) in [5.74, 6) is 1.59. The normalized spacial score (nSPS) is 29.7. The van der Waals surface area contributed by atoms with Crippen LogP contribution in [0.15, 0.2) is 24.3 Å². The molecular formula is C15H19NO2. The molecule has 0 saturated heterocycles. The first kappa shape index (κ1) is 11.6. The molecule has 3 heteroatoms. The Bertz CT molecular complexity index is 458. The summed E-state index contributed by atoms with van der Waals surface area (Å²) in [7, 11) is 0. The zero-order valence-corrected chi connectivity index (χ0v) is 10.7. The van der Waals surface area contributed by atoms with Gasteiger partial charge in [-0.25, -0.2) is 0 Å². The van der Waals surface area contributed by atoms with Crippen LogP contribution < -0.4 is 10.1 Å². The largest absolute Gasteiger partial charge is 0.492 e. The van der Waals surface area contributed by atoms with Crippen molar-refractivity contribution in [3.8, 4) is 5.75 Å². The molecule has 1 saturated carbocycles. The van der Waals surface area contributed by atoms with Crippen LogP contribution in [0.4, 0.5) is 0 Å². The van der Waals surface area contributed by atoms with E-state index in [1.165, 1.54) is 6.42 Å². The number of ether oxygens (including phenoxy) is 1. The fourth-order valence-corrected chi connectivity index (χ4v) is 3.02. The number of amides is 1. The lowest BCUT2D eigenvalue weighted by atomic mass is 10.00. The Hall–Kier alpha value is -1.51. The number of nitrogens with one attached hydrogen (secondary N) is 1. The van der Waals surface area contributed by atoms with Crippen molar-refractivity contribution < 1.29 is 9.53 Å². The van der Waals surface area contributed by atoms with Crippen LogP contribution >= 0.6 is 0 Å². The van der Waals surface area contributed by atoms with Gasteiger partial charge in [-0.05, 0) is 31.2 Å². The van der Waals surface area contributed by atoms with E-state index in [0.29, 0.717) is 12.6 Å². The number of para-hydroxylation sites is 1. The van der Waals surface area contributed by atoms with Crippen molar-refractivity contribution in [3.63, 3.8) is 0 Å². The van der Waals surface area contributed by atoms with E-state index in [4.69, 9.17) is 4.74 Å². The van der Waals surface area contributed by atoms with Crippen molar-refractivity contribution in [1.82, 2.24) is 5.32 Å². The van der Waals surface area contributed by atoms with Crippen molar-refractivity contribution >= 4 is 5.91 Å². The molecule has 1 aromatic rings. The summed E-state index contributed by atoms with van der Waals surface area (Å²) in [5.41, 5.74) is 1.03. The van der Waals surface area contributed by atoms with Gasteiger partial charge in [0.25, 0.3) is 0 Å². The lowest BCUT2D eigenvalue weighted by molar-refractivity contribution is -0.123. The van der Waals surface area contributed by atoms with Crippen LogP contribution in [0.5, 0.6) is 5.75 Å². The Morgan fingerprint density at radius 3 is 2.94 bits per heavy atom. The molecule has 18 heavy (non-hydrogen) atoms. The number of benzene rings is 1. The predicted octanol–water partition coefficient (Wildman–Crippen LogP) is 2.47. The Kier molecular flexibility index (Phi) is 2.98. The maximum absolute atomic E-state index is 12.3. The summed E-state index contributed by atoms with van der Waals surface area (Å²) >= 11 is 0. The van der Waals surface area contributed by atoms with Gasteiger partial charge in [-0.3, -0.25) is 4.79 Å². The highest BCUT2D eigenvalue weighted by molar-refractivity contribution is 5.85. The van der Waals surface area contributed by atoms with Gasteiger partial charge in [-0.15, -0.1) is 0 Å². The molecule has 1 N–H and O–H groups in total. The smallest absolute Gasteiger partial charge is 0.231 e. The molecule has 3 rings (SSSR count). The van der Waals surface area contributed by atoms with Crippen molar-refractivity contribution in [3.05, 3.63) is 29.8 Å². The van der Waals surface area contributed by atoms with Gasteiger partial charge in [0.1, 0.15) is 18.3 Å². The van der Waals surface area contributed by atoms with E-state index in [2.05, 4.69) is 12.2 Å². The highest BCUT2D eigenvalue weighted by Gasteiger charge is 2.32. The standard InChI is InChI=1S/C15H19NO2/c1-10-6-7-11(8-10)16-15(17)13-9-18-14-5-3-2-4-12(13)14/h2-5,10-11,13H,6-9H2,1H3,(H,16,17). The molecule has 0 spiro atoms. The summed E-state index contributed by atoms with van der Waals surface area (Å²) < 4.78 is 5.56. The second-order valence-electron chi connectivity index (χ2n) is 5.53. The zero-order valence-electron chi connectivity index (χ0n) is 10.7. The highest BCUT2D eigenvalue weighted by atomic mass is 16.5. The molecule has 3 unspecified atom stereocenters. The van der Waals surface area contributed by atoms with E-state index < -0.39 is 0 Å². The van der Waals surface area contributed by atoms with Crippen LogP contribution in [0.1, 0.15) is 37.7 Å². The molecule has 1 fully saturated rings. The van der Waals surface area contributed by atoms with E-state index in [-0.39, 0.29) is 11.8 Å². The number of carbonyl (C=O) groups excluding carboxylic acids is 1. The van der Waals surface area contributed by atoms with Crippen molar-refractivity contribution in [2.24, 2.45) is 5.92 Å². The van der Waals surface area contributed by atoms with Gasteiger partial charge in [0, 0.05) is 11.6 Å². The van der Waals surface area contributed by atoms with Crippen LogP contribution in [0.3, 0.4) is 0 Å². The Morgan fingerprint density at radius 2 is 2.17 bits per heavy atom. The topological polar surface area (TPSA) is 38.3 Å². The second-order valence-corrected chi connectivity index (χ2v) is 5.53. The van der Waals surface area contributed by atoms with Crippen LogP contribution in [-0.2, 0) is 4.79 Å². The first-order valence-corrected chi connectivity index (χ1v) is 6.76. The van der Waals surface area contributed by atoms with Crippen molar-refractivity contribution in [1.29, 1.82) is 0 Å². The number of carbonyl (C=O) groups is 1. The monoisotopic (exact) mass is 245 g/mol. The lowest BCUT2D eigenvalue weighted by Gasteiger charge is -2.15. The summed E-state index contributed by atoms with van der Waals surface area (Å²) in [6, 6.07) is 8.19. The minimum absolute atomic E-state index is 0.124. The molecule has 2 aliphatic rings. The zero-order chi connectivity index (χ0) is 12.5. The number of rotatable bonds is 2. The molecule has 0 radical (unpaired) electrons. The van der Waals surface area contributed by atoms with Crippen molar-refractivity contribution in [2.75, 3.05) is 6.61 Å². The molecule has 1 aliphatic carbocycles. The lowest BCUT2D eigenvalue weighted by Crippen LogP contribution is -2.37. The first-order chi connectivity index (χ1) is 8.74. The molecule has 0 bridgehead atoms. The summed E-state index contributed by atoms with van der Waals surface area (Å²) in [5, 5.41) is 3.17. The minimum Gasteiger partial charge on any atom is -0.492 e. The van der Waals surface area contributed by atoms with Crippen LogP contribution in [0.2, 0.25) is 0 Å². The Balaban J connectivity index is 1.67. The van der Waals surface area contributed by atoms with Gasteiger partial charge in [0.15, 0.2) is 0 Å². The second kappa shape index (κ2) is 4.63. The number of hydrogen-bond donors (Lipinski definition) is 1. The summed E-state index contributed by atoms with van der Waals surface area (Å²) in [6.07, 6.45) is 3.45. The van der Waals surface area contributed by atoms with Gasteiger partial charge in [-0.2, -0.15) is 0 Å². The van der Waals surface area contributed by atoms with Crippen LogP contribution in [0.25, 0.3) is 0 Å². The SMILES string of the molecule is CC1CCC(NC(=O)C2COc3ccccc32)C1. The fourth-order valence-electron chi connectivity index (χ4n) is 3.02. The Morgan fingerprint density at radius 1 is 1.33 bits per heavy atom. The molecule has 1 aromatic carbocycles. The van der Waals surface area contributed by atoms with Gasteiger partial charge in [0.2, 0.25) is 5.91 Å². The van der Waals surface area contributed by atoms with E-state index in [9.17, 15) is 4.79 Å². The molecule has 3 nitrogen and oxygen atoms in total. The average Bonchev–Trinajstić information content (AvgIpc) is 2.95. The molecule has 0 aromatic heterocycles. The molecule has 96 valence electrons. The summed E-state index contributed by atoms with van der Waals surface area (Å²) in [4.78, 5) is 12.3. The predicted molar refractivity (Wildman–Crippen MR) is 69.6 cm³/mol. The maximum Gasteiger partial charge on any atom is 0.231 e. The third-order valence-electron chi connectivity index (χ3n) is 4.06. The van der Waals surface area contributed by atoms with Crippen LogP contribution in [0, 0.1) is 5.92 Å². The minimum atomic E-state index is -0.128. The average molecular weight is 245 g/mol. The third-order valence-corrected chi connectivity index (χ3v) is 4.06. The Labute approximate surface area is 108 Å². The fraction of sp³-hybridized carbons (Fsp3) is 0.533. The molecule has 1 amide bonds. The molecule has 3 atom stereocenters. The van der Waals surface area contributed by atoms with Gasteiger partial charge in [0.05, 0.1) is 0 Å². The molecule has 1 heterocycles.